The fourth-order valence-electron chi connectivity index (χ4n) is 3.26. The molecule has 1 aliphatic rings. The summed E-state index contributed by atoms with van der Waals surface area (Å²) >= 11 is 0. The van der Waals surface area contributed by atoms with Gasteiger partial charge in [-0.2, -0.15) is 5.26 Å². The van der Waals surface area contributed by atoms with Crippen molar-refractivity contribution in [3.05, 3.63) is 76.7 Å². The van der Waals surface area contributed by atoms with Crippen LogP contribution in [0, 0.1) is 11.3 Å². The lowest BCUT2D eigenvalue weighted by Gasteiger charge is -2.28. The van der Waals surface area contributed by atoms with E-state index < -0.39 is 11.9 Å². The summed E-state index contributed by atoms with van der Waals surface area (Å²) < 4.78 is 21.5. The van der Waals surface area contributed by atoms with E-state index in [-0.39, 0.29) is 29.4 Å². The number of allylic oxidation sites excluding steroid dienone is 1. The van der Waals surface area contributed by atoms with Crippen LogP contribution < -0.4 is 15.2 Å². The predicted molar refractivity (Wildman–Crippen MR) is 110 cm³/mol. The molecule has 7 nitrogen and oxygen atoms in total. The number of hydrogen-bond donors (Lipinski definition) is 1. The Morgan fingerprint density at radius 2 is 1.63 bits per heavy atom. The third-order valence-corrected chi connectivity index (χ3v) is 4.72. The van der Waals surface area contributed by atoms with E-state index in [1.54, 1.807) is 69.7 Å². The third kappa shape index (κ3) is 3.94. The number of nitrogens with two attached hydrogens (primary N) is 1. The number of esters is 1. The smallest absolute Gasteiger partial charge is 0.338 e. The normalized spacial score (nSPS) is 15.9. The number of nitrogens with zero attached hydrogens (tertiary/aromatic N) is 1. The fourth-order valence-corrected chi connectivity index (χ4v) is 3.26. The molecule has 2 aromatic carbocycles. The molecule has 3 rings (SSSR count). The van der Waals surface area contributed by atoms with E-state index in [1.165, 1.54) is 0 Å². The van der Waals surface area contributed by atoms with Crippen LogP contribution in [0.1, 0.15) is 24.0 Å². The molecule has 7 heteroatoms. The van der Waals surface area contributed by atoms with Crippen LogP contribution in [-0.4, -0.2) is 26.8 Å². The van der Waals surface area contributed by atoms with E-state index in [4.69, 9.17) is 24.7 Å². The van der Waals surface area contributed by atoms with Gasteiger partial charge in [-0.1, -0.05) is 12.1 Å². The molecular weight excluding hydrogens is 384 g/mol. The molecule has 0 fully saturated rings. The Morgan fingerprint density at radius 3 is 2.13 bits per heavy atom. The maximum atomic E-state index is 13.0. The molecule has 0 amide bonds. The molecule has 2 aromatic rings. The van der Waals surface area contributed by atoms with Gasteiger partial charge in [-0.05, 0) is 48.9 Å². The summed E-state index contributed by atoms with van der Waals surface area (Å²) in [6.45, 7) is 1.89. The topological polar surface area (TPSA) is 104 Å². The number of hydrogen-bond acceptors (Lipinski definition) is 7. The highest BCUT2D eigenvalue weighted by Gasteiger charge is 2.38. The second-order valence-corrected chi connectivity index (χ2v) is 6.39. The van der Waals surface area contributed by atoms with Crippen molar-refractivity contribution < 1.29 is 23.7 Å². The Bertz CT molecular complexity index is 1030. The Labute approximate surface area is 174 Å². The third-order valence-electron chi connectivity index (χ3n) is 4.72. The van der Waals surface area contributed by atoms with E-state index in [0.29, 0.717) is 22.6 Å². The van der Waals surface area contributed by atoms with Crippen LogP contribution in [0.5, 0.6) is 11.5 Å². The molecule has 0 aromatic heterocycles. The summed E-state index contributed by atoms with van der Waals surface area (Å²) in [6, 6.07) is 16.2. The van der Waals surface area contributed by atoms with Crippen LogP contribution in [0.15, 0.2) is 65.6 Å². The quantitative estimate of drug-likeness (QED) is 0.732. The zero-order valence-corrected chi connectivity index (χ0v) is 17.0. The van der Waals surface area contributed by atoms with Crippen LogP contribution in [0.4, 0.5) is 0 Å². The van der Waals surface area contributed by atoms with Crippen molar-refractivity contribution in [1.82, 2.24) is 0 Å². The fraction of sp³-hybridized carbons (Fsp3) is 0.217. The average Bonchev–Trinajstić information content (AvgIpc) is 2.78. The zero-order valence-electron chi connectivity index (χ0n) is 17.0. The Morgan fingerprint density at radius 1 is 1.07 bits per heavy atom. The van der Waals surface area contributed by atoms with Crippen molar-refractivity contribution in [2.24, 2.45) is 5.73 Å². The number of benzene rings is 2. The van der Waals surface area contributed by atoms with Gasteiger partial charge in [0.1, 0.15) is 28.9 Å². The number of ether oxygens (including phenoxy) is 4. The summed E-state index contributed by atoms with van der Waals surface area (Å²) in [5.41, 5.74) is 7.73. The minimum absolute atomic E-state index is 0.0582. The molecule has 1 unspecified atom stereocenters. The molecule has 0 spiro atoms. The largest absolute Gasteiger partial charge is 0.497 e. The first-order valence-corrected chi connectivity index (χ1v) is 9.31. The van der Waals surface area contributed by atoms with Crippen molar-refractivity contribution in [2.45, 2.75) is 12.8 Å². The van der Waals surface area contributed by atoms with Crippen LogP contribution >= 0.6 is 0 Å². The molecule has 154 valence electrons. The zero-order chi connectivity index (χ0) is 21.7. The molecule has 1 atom stereocenters. The molecule has 0 aliphatic carbocycles. The first-order chi connectivity index (χ1) is 14.5. The summed E-state index contributed by atoms with van der Waals surface area (Å²) in [7, 11) is 3.13. The number of methoxy groups -OCH3 is 2. The SMILES string of the molecule is CCOC(=O)C1=C(c2ccc(OC)cc2)OC(N)=C(C#N)C1c1ccc(OC)cc1. The Kier molecular flexibility index (Phi) is 6.28. The van der Waals surface area contributed by atoms with Gasteiger partial charge >= 0.3 is 5.97 Å². The standard InChI is InChI=1S/C23H22N2O5/c1-4-29-23(26)20-19(14-5-9-16(27-2)10-6-14)18(13-24)22(25)30-21(20)15-7-11-17(28-3)12-8-15/h5-12,19H,4,25H2,1-3H3. The van der Waals surface area contributed by atoms with Gasteiger partial charge in [-0.3, -0.25) is 0 Å². The minimum Gasteiger partial charge on any atom is -0.497 e. The average molecular weight is 406 g/mol. The van der Waals surface area contributed by atoms with E-state index in [9.17, 15) is 10.1 Å². The van der Waals surface area contributed by atoms with Crippen LogP contribution in [0.25, 0.3) is 5.76 Å². The monoisotopic (exact) mass is 406 g/mol. The highest BCUT2D eigenvalue weighted by atomic mass is 16.5. The van der Waals surface area contributed by atoms with Gasteiger partial charge in [0.15, 0.2) is 0 Å². The molecule has 0 saturated heterocycles. The lowest BCUT2D eigenvalue weighted by molar-refractivity contribution is -0.138. The van der Waals surface area contributed by atoms with Gasteiger partial charge < -0.3 is 24.7 Å². The van der Waals surface area contributed by atoms with Gasteiger partial charge in [0.25, 0.3) is 0 Å². The van der Waals surface area contributed by atoms with Crippen molar-refractivity contribution >= 4 is 11.7 Å². The summed E-state index contributed by atoms with van der Waals surface area (Å²) in [4.78, 5) is 13.0. The van der Waals surface area contributed by atoms with Crippen LogP contribution in [-0.2, 0) is 14.3 Å². The molecule has 0 radical (unpaired) electrons. The van der Waals surface area contributed by atoms with Crippen molar-refractivity contribution in [3.8, 4) is 17.6 Å². The summed E-state index contributed by atoms with van der Waals surface area (Å²) in [5, 5.41) is 9.76. The van der Waals surface area contributed by atoms with Gasteiger partial charge in [0, 0.05) is 5.56 Å². The van der Waals surface area contributed by atoms with E-state index in [2.05, 4.69) is 6.07 Å². The molecule has 1 heterocycles. The summed E-state index contributed by atoms with van der Waals surface area (Å²) in [5.74, 6) is 0.167. The highest BCUT2D eigenvalue weighted by molar-refractivity contribution is 5.99. The first kappa shape index (κ1) is 20.8. The maximum absolute atomic E-state index is 13.0. The Hall–Kier alpha value is -3.92. The van der Waals surface area contributed by atoms with E-state index in [1.807, 2.05) is 0 Å². The van der Waals surface area contributed by atoms with Crippen molar-refractivity contribution in [1.29, 1.82) is 5.26 Å². The van der Waals surface area contributed by atoms with Crippen LogP contribution in [0.2, 0.25) is 0 Å². The molecular formula is C23H22N2O5. The van der Waals surface area contributed by atoms with Gasteiger partial charge in [-0.15, -0.1) is 0 Å². The maximum Gasteiger partial charge on any atom is 0.338 e. The number of carbonyl (C=O) groups is 1. The second-order valence-electron chi connectivity index (χ2n) is 6.39. The molecule has 0 saturated carbocycles. The number of rotatable bonds is 6. The molecule has 30 heavy (non-hydrogen) atoms. The van der Waals surface area contributed by atoms with Gasteiger partial charge in [0.05, 0.1) is 32.3 Å². The summed E-state index contributed by atoms with van der Waals surface area (Å²) in [6.07, 6.45) is 0. The predicted octanol–water partition coefficient (Wildman–Crippen LogP) is 3.49. The molecule has 2 N–H and O–H groups in total. The van der Waals surface area contributed by atoms with Gasteiger partial charge in [0.2, 0.25) is 5.88 Å². The second kappa shape index (κ2) is 9.05. The van der Waals surface area contributed by atoms with Crippen molar-refractivity contribution in [2.75, 3.05) is 20.8 Å². The molecule has 1 aliphatic heterocycles. The first-order valence-electron chi connectivity index (χ1n) is 9.31. The van der Waals surface area contributed by atoms with Crippen LogP contribution in [0.3, 0.4) is 0 Å². The molecule has 0 bridgehead atoms. The minimum atomic E-state index is -0.745. The lowest BCUT2D eigenvalue weighted by Crippen LogP contribution is -2.25. The van der Waals surface area contributed by atoms with Crippen molar-refractivity contribution in [3.63, 3.8) is 0 Å². The van der Waals surface area contributed by atoms with Gasteiger partial charge in [-0.25, -0.2) is 4.79 Å². The highest BCUT2D eigenvalue weighted by Crippen LogP contribution is 2.43. The lowest BCUT2D eigenvalue weighted by atomic mass is 9.82. The Balaban J connectivity index is 2.23. The van der Waals surface area contributed by atoms with E-state index in [0.717, 1.165) is 0 Å². The van der Waals surface area contributed by atoms with E-state index >= 15 is 0 Å². The number of nitriles is 1. The number of carbonyl (C=O) groups excluding carboxylic acids is 1.